The van der Waals surface area contributed by atoms with E-state index in [0.717, 1.165) is 32.1 Å². The van der Waals surface area contributed by atoms with Crippen LogP contribution in [-0.2, 0) is 12.8 Å². The van der Waals surface area contributed by atoms with Crippen molar-refractivity contribution in [1.82, 2.24) is 15.6 Å². The summed E-state index contributed by atoms with van der Waals surface area (Å²) in [6, 6.07) is 9.09. The van der Waals surface area contributed by atoms with Crippen LogP contribution in [0.3, 0.4) is 0 Å². The first-order valence-electron chi connectivity index (χ1n) is 8.95. The van der Waals surface area contributed by atoms with E-state index in [9.17, 15) is 4.79 Å². The minimum absolute atomic E-state index is 0.0187. The summed E-state index contributed by atoms with van der Waals surface area (Å²) >= 11 is 0. The van der Waals surface area contributed by atoms with Crippen LogP contribution in [0.1, 0.15) is 49.8 Å². The Kier molecular flexibility index (Phi) is 3.98. The monoisotopic (exact) mass is 311 g/mol. The zero-order chi connectivity index (χ0) is 15.6. The van der Waals surface area contributed by atoms with Gasteiger partial charge in [-0.15, -0.1) is 0 Å². The van der Waals surface area contributed by atoms with Gasteiger partial charge in [0.2, 0.25) is 0 Å². The van der Waals surface area contributed by atoms with Gasteiger partial charge >= 0.3 is 6.03 Å². The molecule has 1 atom stereocenters. The number of hydrogen-bond donors (Lipinski definition) is 3. The van der Waals surface area contributed by atoms with Gasteiger partial charge in [-0.1, -0.05) is 37.5 Å². The normalized spacial score (nSPS) is 21.8. The van der Waals surface area contributed by atoms with E-state index in [1.165, 1.54) is 41.4 Å². The Labute approximate surface area is 137 Å². The summed E-state index contributed by atoms with van der Waals surface area (Å²) in [6.07, 6.45) is 9.01. The molecule has 1 fully saturated rings. The van der Waals surface area contributed by atoms with Gasteiger partial charge in [0.25, 0.3) is 0 Å². The molecule has 0 spiro atoms. The zero-order valence-electron chi connectivity index (χ0n) is 13.5. The molecule has 1 heterocycles. The molecule has 2 aliphatic rings. The van der Waals surface area contributed by atoms with Gasteiger partial charge in [0.05, 0.1) is 0 Å². The molecule has 1 saturated carbocycles. The number of rotatable bonds is 2. The summed E-state index contributed by atoms with van der Waals surface area (Å²) in [5, 5.41) is 7.67. The van der Waals surface area contributed by atoms with Crippen molar-refractivity contribution in [3.05, 3.63) is 35.5 Å². The second-order valence-electron chi connectivity index (χ2n) is 7.02. The molecule has 0 bridgehead atoms. The largest absolute Gasteiger partial charge is 0.358 e. The van der Waals surface area contributed by atoms with Crippen molar-refractivity contribution >= 4 is 16.9 Å². The van der Waals surface area contributed by atoms with E-state index in [4.69, 9.17) is 0 Å². The van der Waals surface area contributed by atoms with Crippen LogP contribution >= 0.6 is 0 Å². The number of carbonyl (C=O) groups excluding carboxylic acids is 1. The van der Waals surface area contributed by atoms with Gasteiger partial charge < -0.3 is 15.6 Å². The summed E-state index contributed by atoms with van der Waals surface area (Å²) < 4.78 is 0. The molecule has 4 rings (SSSR count). The smallest absolute Gasteiger partial charge is 0.315 e. The minimum atomic E-state index is 0.0187. The number of amides is 2. The maximum atomic E-state index is 12.3. The third-order valence-corrected chi connectivity index (χ3v) is 5.37. The van der Waals surface area contributed by atoms with E-state index in [-0.39, 0.29) is 12.1 Å². The highest BCUT2D eigenvalue weighted by Gasteiger charge is 2.24. The Morgan fingerprint density at radius 1 is 1.00 bits per heavy atom. The third kappa shape index (κ3) is 3.07. The zero-order valence-corrected chi connectivity index (χ0v) is 13.5. The van der Waals surface area contributed by atoms with Crippen LogP contribution in [0.15, 0.2) is 24.3 Å². The number of H-pyrrole nitrogens is 1. The van der Waals surface area contributed by atoms with Crippen molar-refractivity contribution < 1.29 is 4.79 Å². The molecule has 1 aromatic heterocycles. The second kappa shape index (κ2) is 6.26. The number of hydrogen-bond acceptors (Lipinski definition) is 1. The van der Waals surface area contributed by atoms with Gasteiger partial charge in [-0.05, 0) is 43.7 Å². The van der Waals surface area contributed by atoms with Crippen LogP contribution in [-0.4, -0.2) is 23.1 Å². The standard InChI is InChI=1S/C19H25N3O/c23-19(20-13-6-2-1-3-7-13)21-14-10-11-18-16(12-14)15-8-4-5-9-17(15)22-18/h4-5,8-9,13-14,22H,1-3,6-7,10-12H2,(H2,20,21,23). The van der Waals surface area contributed by atoms with Crippen LogP contribution in [0.2, 0.25) is 0 Å². The van der Waals surface area contributed by atoms with Crippen LogP contribution < -0.4 is 10.6 Å². The highest BCUT2D eigenvalue weighted by atomic mass is 16.2. The third-order valence-electron chi connectivity index (χ3n) is 5.37. The Balaban J connectivity index is 1.40. The SMILES string of the molecule is O=C(NC1CCCCC1)NC1CCc2[nH]c3ccccc3c2C1. The van der Waals surface area contributed by atoms with Crippen LogP contribution in [0, 0.1) is 0 Å². The number of aromatic amines is 1. The number of aryl methyl sites for hydroxylation is 1. The fourth-order valence-electron chi connectivity index (χ4n) is 4.15. The molecular formula is C19H25N3O. The first-order valence-corrected chi connectivity index (χ1v) is 8.95. The Bertz CT molecular complexity index is 700. The number of para-hydroxylation sites is 1. The highest BCUT2D eigenvalue weighted by Crippen LogP contribution is 2.29. The Hall–Kier alpha value is -1.97. The van der Waals surface area contributed by atoms with Crippen molar-refractivity contribution in [2.75, 3.05) is 0 Å². The molecule has 2 aromatic rings. The average molecular weight is 311 g/mol. The molecule has 2 amide bonds. The number of fused-ring (bicyclic) bond motifs is 3. The average Bonchev–Trinajstić information content (AvgIpc) is 2.94. The van der Waals surface area contributed by atoms with Gasteiger partial charge in [0.15, 0.2) is 0 Å². The molecule has 122 valence electrons. The van der Waals surface area contributed by atoms with E-state index in [1.807, 2.05) is 0 Å². The van der Waals surface area contributed by atoms with E-state index in [0.29, 0.717) is 6.04 Å². The van der Waals surface area contributed by atoms with Crippen molar-refractivity contribution in [3.63, 3.8) is 0 Å². The van der Waals surface area contributed by atoms with Crippen LogP contribution in [0.25, 0.3) is 10.9 Å². The predicted molar refractivity (Wildman–Crippen MR) is 92.7 cm³/mol. The molecule has 4 nitrogen and oxygen atoms in total. The number of aromatic nitrogens is 1. The van der Waals surface area contributed by atoms with Gasteiger partial charge in [-0.25, -0.2) is 4.79 Å². The van der Waals surface area contributed by atoms with Crippen LogP contribution in [0.4, 0.5) is 4.79 Å². The topological polar surface area (TPSA) is 56.9 Å². The molecule has 23 heavy (non-hydrogen) atoms. The number of carbonyl (C=O) groups is 1. The van der Waals surface area contributed by atoms with Crippen molar-refractivity contribution in [2.45, 2.75) is 63.5 Å². The fourth-order valence-corrected chi connectivity index (χ4v) is 4.15. The quantitative estimate of drug-likeness (QED) is 0.779. The Morgan fingerprint density at radius 3 is 2.65 bits per heavy atom. The van der Waals surface area contributed by atoms with Gasteiger partial charge in [-0.3, -0.25) is 0 Å². The van der Waals surface area contributed by atoms with Crippen molar-refractivity contribution in [2.24, 2.45) is 0 Å². The first-order chi connectivity index (χ1) is 11.3. The maximum Gasteiger partial charge on any atom is 0.315 e. The molecule has 1 aromatic carbocycles. The lowest BCUT2D eigenvalue weighted by molar-refractivity contribution is 0.227. The molecule has 0 radical (unpaired) electrons. The molecule has 3 N–H and O–H groups in total. The van der Waals surface area contributed by atoms with Gasteiger partial charge in [-0.2, -0.15) is 0 Å². The summed E-state index contributed by atoms with van der Waals surface area (Å²) in [5.41, 5.74) is 3.94. The second-order valence-corrected chi connectivity index (χ2v) is 7.02. The molecule has 0 aliphatic heterocycles. The number of urea groups is 1. The van der Waals surface area contributed by atoms with Crippen molar-refractivity contribution in [3.8, 4) is 0 Å². The Morgan fingerprint density at radius 2 is 1.78 bits per heavy atom. The summed E-state index contributed by atoms with van der Waals surface area (Å²) in [5.74, 6) is 0. The molecule has 4 heteroatoms. The predicted octanol–water partition coefficient (Wildman–Crippen LogP) is 3.66. The van der Waals surface area contributed by atoms with Gasteiger partial charge in [0, 0.05) is 28.7 Å². The first kappa shape index (κ1) is 14.6. The summed E-state index contributed by atoms with van der Waals surface area (Å²) in [6.45, 7) is 0. The molecule has 2 aliphatic carbocycles. The molecule has 0 saturated heterocycles. The fraction of sp³-hybridized carbons (Fsp3) is 0.526. The lowest BCUT2D eigenvalue weighted by Crippen LogP contribution is -2.48. The highest BCUT2D eigenvalue weighted by molar-refractivity contribution is 5.85. The van der Waals surface area contributed by atoms with E-state index >= 15 is 0 Å². The van der Waals surface area contributed by atoms with Crippen LogP contribution in [0.5, 0.6) is 0 Å². The summed E-state index contributed by atoms with van der Waals surface area (Å²) in [7, 11) is 0. The van der Waals surface area contributed by atoms with Gasteiger partial charge in [0.1, 0.15) is 0 Å². The lowest BCUT2D eigenvalue weighted by Gasteiger charge is -2.27. The van der Waals surface area contributed by atoms with Crippen molar-refractivity contribution in [1.29, 1.82) is 0 Å². The number of benzene rings is 1. The summed E-state index contributed by atoms with van der Waals surface area (Å²) in [4.78, 5) is 15.8. The van der Waals surface area contributed by atoms with E-state index in [1.54, 1.807) is 0 Å². The maximum absolute atomic E-state index is 12.3. The number of nitrogens with one attached hydrogen (secondary N) is 3. The van der Waals surface area contributed by atoms with E-state index in [2.05, 4.69) is 39.9 Å². The molecule has 1 unspecified atom stereocenters. The molecular weight excluding hydrogens is 286 g/mol. The lowest BCUT2D eigenvalue weighted by atomic mass is 9.91. The minimum Gasteiger partial charge on any atom is -0.358 e. The van der Waals surface area contributed by atoms with E-state index < -0.39 is 0 Å².